The quantitative estimate of drug-likeness (QED) is 0.0521. The number of esters is 1. The van der Waals surface area contributed by atoms with E-state index in [1.54, 1.807) is 18.5 Å². The lowest BCUT2D eigenvalue weighted by atomic mass is 9.90. The molecule has 0 saturated heterocycles. The molecule has 0 aliphatic heterocycles. The molecule has 15 nitrogen and oxygen atoms in total. The van der Waals surface area contributed by atoms with Gasteiger partial charge in [-0.15, -0.1) is 0 Å². The second-order valence-electron chi connectivity index (χ2n) is 11.1. The molecule has 1 atom stereocenters. The van der Waals surface area contributed by atoms with Crippen LogP contribution in [-0.4, -0.2) is 72.6 Å². The van der Waals surface area contributed by atoms with Crippen LogP contribution in [0.25, 0.3) is 12.2 Å². The molecule has 244 valence electrons. The Balaban J connectivity index is 1.74. The summed E-state index contributed by atoms with van der Waals surface area (Å²) < 4.78 is 10.9. The monoisotopic (exact) mass is 635 g/mol. The number of nitrogens with zero attached hydrogens (tertiary/aromatic N) is 4. The van der Waals surface area contributed by atoms with E-state index in [0.717, 1.165) is 22.5 Å². The molecule has 0 spiro atoms. The number of rotatable bonds is 15. The number of hydrogen-bond donors (Lipinski definition) is 5. The van der Waals surface area contributed by atoms with Gasteiger partial charge >= 0.3 is 17.9 Å². The summed E-state index contributed by atoms with van der Waals surface area (Å²) >= 11 is 0. The number of carboxylic acids is 2. The van der Waals surface area contributed by atoms with Crippen LogP contribution in [0.3, 0.4) is 0 Å². The van der Waals surface area contributed by atoms with Gasteiger partial charge in [0.1, 0.15) is 10.7 Å². The lowest BCUT2D eigenvalue weighted by Crippen LogP contribution is -2.43. The van der Waals surface area contributed by atoms with Crippen molar-refractivity contribution in [1.29, 1.82) is 0 Å². The Kier molecular flexibility index (Phi) is 12.1. The number of nitrogens with one attached hydrogen (secondary N) is 2. The van der Waals surface area contributed by atoms with E-state index < -0.39 is 42.7 Å². The van der Waals surface area contributed by atoms with Crippen LogP contribution in [0.5, 0.6) is 5.88 Å². The van der Waals surface area contributed by atoms with E-state index in [9.17, 15) is 24.3 Å². The Morgan fingerprint density at radius 3 is 2.50 bits per heavy atom. The molecule has 2 aromatic heterocycles. The molecule has 0 saturated carbocycles. The van der Waals surface area contributed by atoms with E-state index in [0.29, 0.717) is 5.69 Å². The number of carboxylic acid groups (broad SMARTS) is 2. The molecule has 1 unspecified atom stereocenters. The average molecular weight is 636 g/mol. The first-order valence-corrected chi connectivity index (χ1v) is 14.1. The van der Waals surface area contributed by atoms with Crippen LogP contribution in [0.2, 0.25) is 0 Å². The minimum absolute atomic E-state index is 0.0101. The zero-order chi connectivity index (χ0) is 33.9. The summed E-state index contributed by atoms with van der Waals surface area (Å²) in [6, 6.07) is 7.62. The predicted octanol–water partition coefficient (Wildman–Crippen LogP) is 1.14. The Bertz CT molecular complexity index is 1760. The molecule has 0 aliphatic carbocycles. The van der Waals surface area contributed by atoms with E-state index in [2.05, 4.69) is 31.6 Å². The largest absolute Gasteiger partial charge is 0.481 e. The van der Waals surface area contributed by atoms with Crippen molar-refractivity contribution in [2.75, 3.05) is 6.79 Å². The average Bonchev–Trinajstić information content (AvgIpc) is 3.46. The van der Waals surface area contributed by atoms with E-state index >= 15 is 0 Å². The fourth-order valence-electron chi connectivity index (χ4n) is 4.19. The number of imidazole rings is 1. The number of benzene rings is 1. The number of H-pyrrole nitrogens is 2. The number of allylic oxidation sites excluding steroid dienone is 1. The van der Waals surface area contributed by atoms with Gasteiger partial charge in [-0.05, 0) is 37.3 Å². The van der Waals surface area contributed by atoms with Gasteiger partial charge in [0.2, 0.25) is 12.7 Å². The van der Waals surface area contributed by atoms with Crippen molar-refractivity contribution in [2.24, 2.45) is 10.8 Å². The summed E-state index contributed by atoms with van der Waals surface area (Å²) in [6.45, 7) is 8.93. The number of carbonyl (C=O) groups is 3. The summed E-state index contributed by atoms with van der Waals surface area (Å²) in [4.78, 5) is 66.1. The van der Waals surface area contributed by atoms with Crippen molar-refractivity contribution in [1.82, 2.24) is 24.9 Å². The molecule has 0 aliphatic rings. The number of nitrogens with two attached hydrogens (primary N) is 1. The first-order valence-electron chi connectivity index (χ1n) is 14.1. The molecule has 1 aromatic carbocycles. The number of aliphatic imine (C=N–C) groups is 1. The minimum Gasteiger partial charge on any atom is -0.481 e. The van der Waals surface area contributed by atoms with Crippen LogP contribution in [-0.2, 0) is 24.5 Å². The molecule has 46 heavy (non-hydrogen) atoms. The number of aromatic amines is 2. The summed E-state index contributed by atoms with van der Waals surface area (Å²) in [5, 5.41) is 19.2. The highest BCUT2D eigenvalue weighted by Gasteiger charge is 2.25. The summed E-state index contributed by atoms with van der Waals surface area (Å²) in [7, 11) is 0. The van der Waals surface area contributed by atoms with Crippen LogP contribution in [0.15, 0.2) is 58.3 Å². The summed E-state index contributed by atoms with van der Waals surface area (Å²) in [5.41, 5.74) is 1.66. The highest BCUT2D eigenvalue weighted by atomic mass is 16.7. The van der Waals surface area contributed by atoms with Gasteiger partial charge in [-0.2, -0.15) is 0 Å². The lowest BCUT2D eigenvalue weighted by Gasteiger charge is -2.21. The van der Waals surface area contributed by atoms with Crippen molar-refractivity contribution in [3.63, 3.8) is 0 Å². The van der Waals surface area contributed by atoms with E-state index in [-0.39, 0.29) is 47.0 Å². The van der Waals surface area contributed by atoms with Gasteiger partial charge in [0.15, 0.2) is 6.04 Å². The van der Waals surface area contributed by atoms with Gasteiger partial charge in [0.05, 0.1) is 24.1 Å². The van der Waals surface area contributed by atoms with Gasteiger partial charge in [-0.25, -0.2) is 20.6 Å². The second kappa shape index (κ2) is 15.9. The van der Waals surface area contributed by atoms with Crippen molar-refractivity contribution in [2.45, 2.75) is 57.9 Å². The molecule has 3 rings (SSSR count). The molecule has 6 N–H and O–H groups in total. The Labute approximate surface area is 263 Å². The van der Waals surface area contributed by atoms with Gasteiger partial charge in [-0.1, -0.05) is 51.1 Å². The van der Waals surface area contributed by atoms with E-state index in [1.165, 1.54) is 0 Å². The highest BCUT2D eigenvalue weighted by Crippen LogP contribution is 2.23. The smallest absolute Gasteiger partial charge is 0.328 e. The Morgan fingerprint density at radius 1 is 1.15 bits per heavy atom. The van der Waals surface area contributed by atoms with Crippen molar-refractivity contribution >= 4 is 36.8 Å². The van der Waals surface area contributed by atoms with Gasteiger partial charge in [0, 0.05) is 23.7 Å². The van der Waals surface area contributed by atoms with E-state index in [1.807, 2.05) is 51.1 Å². The van der Waals surface area contributed by atoms with Crippen LogP contribution >= 0.6 is 0 Å². The van der Waals surface area contributed by atoms with Crippen LogP contribution in [0.1, 0.15) is 63.4 Å². The maximum atomic E-state index is 13.0. The summed E-state index contributed by atoms with van der Waals surface area (Å²) in [5.74, 6) is 2.36. The third-order valence-electron chi connectivity index (χ3n) is 6.48. The number of hydrogen-bond acceptors (Lipinski definition) is 11. The predicted molar refractivity (Wildman–Crippen MR) is 168 cm³/mol. The zero-order valence-electron chi connectivity index (χ0n) is 25.7. The number of ether oxygens (including phenoxy) is 2. The first kappa shape index (κ1) is 34.9. The maximum Gasteiger partial charge on any atom is 0.328 e. The van der Waals surface area contributed by atoms with Crippen LogP contribution in [0, 0.1) is 0 Å². The Hall–Kier alpha value is -5.57. The SMILES string of the molecule is C=N/C(=C\N(N)C(CC(=O)O)C(=O)O)CCCC(=O)OCOc1n/c(=C\c2ccccc2)c(=O)[nH]/c1=C\c1nc[nH]c1C(C)(C)C. The number of aliphatic carboxylic acids is 2. The number of aromatic nitrogens is 4. The van der Waals surface area contributed by atoms with Gasteiger partial charge < -0.3 is 34.7 Å². The number of hydrazine groups is 1. The normalized spacial score (nSPS) is 13.3. The first-order chi connectivity index (χ1) is 21.8. The molecule has 0 bridgehead atoms. The highest BCUT2D eigenvalue weighted by molar-refractivity contribution is 5.80. The van der Waals surface area contributed by atoms with Gasteiger partial charge in [0.25, 0.3) is 5.56 Å². The molecule has 0 radical (unpaired) electrons. The molecular formula is C31H37N7O8. The topological polar surface area (TPSA) is 226 Å². The fraction of sp³-hybridized carbons (Fsp3) is 0.323. The third kappa shape index (κ3) is 10.3. The van der Waals surface area contributed by atoms with Gasteiger partial charge in [-0.3, -0.25) is 19.4 Å². The Morgan fingerprint density at radius 2 is 1.87 bits per heavy atom. The van der Waals surface area contributed by atoms with Crippen LogP contribution < -0.4 is 26.8 Å². The van der Waals surface area contributed by atoms with Crippen molar-refractivity contribution < 1.29 is 34.1 Å². The molecule has 2 heterocycles. The minimum atomic E-state index is -1.51. The van der Waals surface area contributed by atoms with E-state index in [4.69, 9.17) is 20.4 Å². The molecule has 15 heteroatoms. The third-order valence-corrected chi connectivity index (χ3v) is 6.48. The lowest BCUT2D eigenvalue weighted by molar-refractivity contribution is -0.150. The molecule has 0 amide bonds. The molecular weight excluding hydrogens is 598 g/mol. The maximum absolute atomic E-state index is 13.0. The number of carbonyl (C=O) groups excluding carboxylic acids is 1. The molecule has 0 fully saturated rings. The second-order valence-corrected chi connectivity index (χ2v) is 11.1. The standard InChI is InChI=1S/C31H37N7O8/c1-31(2,3)27-21(34-17-35-27)14-23-29(37-22(28(42)36-23)13-19-9-6-5-7-10-19)46-18-45-26(41)12-8-11-20(33-4)16-38(32)24(30(43)44)15-25(39)40/h5-7,9-10,13-14,16-17,24H,4,8,11-12,15,18,32H2,1-3H3,(H,34,35)(H,36,42)(H,39,40)(H,43,44)/b20-16-,22-13-,23-14-. The summed E-state index contributed by atoms with van der Waals surface area (Å²) in [6.07, 6.45) is 5.54. The molecule has 3 aromatic rings. The van der Waals surface area contributed by atoms with Crippen molar-refractivity contribution in [3.05, 3.63) is 86.6 Å². The fourth-order valence-corrected chi connectivity index (χ4v) is 4.19. The zero-order valence-corrected chi connectivity index (χ0v) is 25.7. The van der Waals surface area contributed by atoms with Crippen molar-refractivity contribution in [3.8, 4) is 5.88 Å². The van der Waals surface area contributed by atoms with Crippen LogP contribution in [0.4, 0.5) is 0 Å².